The Morgan fingerprint density at radius 2 is 1.82 bits per heavy atom. The quantitative estimate of drug-likeness (QED) is 0.523. The number of fused-ring (bicyclic) bond motifs is 7. The lowest BCUT2D eigenvalue weighted by atomic mass is 10.1. The molecule has 2 aromatic heterocycles. The van der Waals surface area contributed by atoms with Gasteiger partial charge in [-0.3, -0.25) is 4.98 Å². The van der Waals surface area contributed by atoms with Crippen LogP contribution in [0.1, 0.15) is 22.9 Å². The maximum Gasteiger partial charge on any atom is 0.145 e. The van der Waals surface area contributed by atoms with Gasteiger partial charge in [-0.25, -0.2) is 0 Å². The lowest BCUT2D eigenvalue weighted by Crippen LogP contribution is -1.96. The van der Waals surface area contributed by atoms with Crippen LogP contribution in [0.15, 0.2) is 52.9 Å². The number of furan rings is 1. The largest absolute Gasteiger partial charge is 0.456 e. The summed E-state index contributed by atoms with van der Waals surface area (Å²) in [7, 11) is 0. The average Bonchev–Trinajstić information content (AvgIpc) is 3.05. The molecule has 0 amide bonds. The SMILES string of the molecule is Cc1nc2c(c3oc4ccccc4c13)C(O)c1ccccc1-2. The van der Waals surface area contributed by atoms with Crippen LogP contribution in [0.5, 0.6) is 0 Å². The molecule has 0 spiro atoms. The highest BCUT2D eigenvalue weighted by Crippen LogP contribution is 2.47. The van der Waals surface area contributed by atoms with Gasteiger partial charge in [0.15, 0.2) is 0 Å². The number of hydrogen-bond acceptors (Lipinski definition) is 3. The molecule has 2 aromatic carbocycles. The minimum absolute atomic E-state index is 0.678. The first-order chi connectivity index (χ1) is 10.8. The Morgan fingerprint density at radius 1 is 1.05 bits per heavy atom. The van der Waals surface area contributed by atoms with E-state index in [0.717, 1.165) is 50.0 Å². The third-order valence-corrected chi connectivity index (χ3v) is 4.52. The van der Waals surface area contributed by atoms with Gasteiger partial charge >= 0.3 is 0 Å². The molecule has 0 saturated heterocycles. The Bertz CT molecular complexity index is 1060. The third kappa shape index (κ3) is 1.32. The van der Waals surface area contributed by atoms with E-state index >= 15 is 0 Å². The Balaban J connectivity index is 2.00. The normalized spacial score (nSPS) is 16.2. The molecule has 0 aliphatic heterocycles. The number of aromatic nitrogens is 1. The molecule has 5 rings (SSSR count). The van der Waals surface area contributed by atoms with E-state index in [1.165, 1.54) is 0 Å². The van der Waals surface area contributed by atoms with Crippen LogP contribution in [0.2, 0.25) is 0 Å². The standard InChI is InChI=1S/C19H13NO2/c1-10-15-13-8-4-5-9-14(13)22-19(15)16-17(20-10)11-6-2-3-7-12(11)18(16)21/h2-9,18,21H,1H3. The molecule has 1 unspecified atom stereocenters. The Kier molecular flexibility index (Phi) is 2.15. The summed E-state index contributed by atoms with van der Waals surface area (Å²) >= 11 is 0. The fraction of sp³-hybridized carbons (Fsp3) is 0.105. The highest BCUT2D eigenvalue weighted by Gasteiger charge is 2.32. The number of aliphatic hydroxyl groups is 1. The van der Waals surface area contributed by atoms with Crippen LogP contribution in [0.25, 0.3) is 33.2 Å². The molecule has 106 valence electrons. The molecule has 2 heterocycles. The first-order valence-electron chi connectivity index (χ1n) is 7.35. The fourth-order valence-electron chi connectivity index (χ4n) is 3.55. The third-order valence-electron chi connectivity index (χ3n) is 4.52. The number of hydrogen-bond donors (Lipinski definition) is 1. The van der Waals surface area contributed by atoms with Crippen molar-refractivity contribution < 1.29 is 9.52 Å². The van der Waals surface area contributed by atoms with Crippen LogP contribution >= 0.6 is 0 Å². The first kappa shape index (κ1) is 12.0. The van der Waals surface area contributed by atoms with Gasteiger partial charge in [0.25, 0.3) is 0 Å². The zero-order valence-corrected chi connectivity index (χ0v) is 12.0. The highest BCUT2D eigenvalue weighted by molar-refractivity contribution is 6.09. The van der Waals surface area contributed by atoms with Gasteiger partial charge in [0.2, 0.25) is 0 Å². The Morgan fingerprint density at radius 3 is 2.73 bits per heavy atom. The maximum atomic E-state index is 10.7. The van der Waals surface area contributed by atoms with Crippen LogP contribution in [0.3, 0.4) is 0 Å². The summed E-state index contributed by atoms with van der Waals surface area (Å²) in [6.45, 7) is 2.00. The van der Waals surface area contributed by atoms with Gasteiger partial charge < -0.3 is 9.52 Å². The van der Waals surface area contributed by atoms with E-state index < -0.39 is 6.10 Å². The number of aryl methyl sites for hydroxylation is 1. The first-order valence-corrected chi connectivity index (χ1v) is 7.35. The lowest BCUT2D eigenvalue weighted by Gasteiger charge is -2.06. The van der Waals surface area contributed by atoms with Gasteiger partial charge in [0.05, 0.1) is 11.3 Å². The van der Waals surface area contributed by atoms with Crippen molar-refractivity contribution in [1.29, 1.82) is 0 Å². The number of nitrogens with zero attached hydrogens (tertiary/aromatic N) is 1. The van der Waals surface area contributed by atoms with Crippen LogP contribution in [-0.2, 0) is 0 Å². The monoisotopic (exact) mass is 287 g/mol. The number of rotatable bonds is 0. The van der Waals surface area contributed by atoms with Gasteiger partial charge in [-0.15, -0.1) is 0 Å². The topological polar surface area (TPSA) is 46.3 Å². The highest BCUT2D eigenvalue weighted by atomic mass is 16.3. The summed E-state index contributed by atoms with van der Waals surface area (Å²) in [5.41, 5.74) is 6.05. The minimum atomic E-state index is -0.678. The molecule has 4 aromatic rings. The molecule has 0 fully saturated rings. The molecule has 1 aliphatic carbocycles. The maximum absolute atomic E-state index is 10.7. The van der Waals surface area contributed by atoms with E-state index in [2.05, 4.69) is 0 Å². The van der Waals surface area contributed by atoms with Crippen LogP contribution in [0, 0.1) is 6.92 Å². The van der Waals surface area contributed by atoms with E-state index in [0.29, 0.717) is 0 Å². The molecule has 1 aliphatic rings. The Labute approximate surface area is 126 Å². The molecule has 3 nitrogen and oxygen atoms in total. The zero-order chi connectivity index (χ0) is 14.8. The minimum Gasteiger partial charge on any atom is -0.456 e. The predicted molar refractivity (Wildman–Crippen MR) is 85.7 cm³/mol. The van der Waals surface area contributed by atoms with Crippen molar-refractivity contribution in [3.63, 3.8) is 0 Å². The second kappa shape index (κ2) is 3.96. The number of aliphatic hydroxyl groups excluding tert-OH is 1. The van der Waals surface area contributed by atoms with Crippen molar-refractivity contribution in [2.45, 2.75) is 13.0 Å². The summed E-state index contributed by atoms with van der Waals surface area (Å²) in [4.78, 5) is 4.78. The molecule has 0 saturated carbocycles. The molecule has 0 radical (unpaired) electrons. The number of benzene rings is 2. The fourth-order valence-corrected chi connectivity index (χ4v) is 3.55. The molecule has 22 heavy (non-hydrogen) atoms. The van der Waals surface area contributed by atoms with E-state index in [4.69, 9.17) is 9.40 Å². The Hall–Kier alpha value is -2.65. The van der Waals surface area contributed by atoms with E-state index in [9.17, 15) is 5.11 Å². The molecular formula is C19H13NO2. The van der Waals surface area contributed by atoms with Crippen molar-refractivity contribution >= 4 is 21.9 Å². The lowest BCUT2D eigenvalue weighted by molar-refractivity contribution is 0.225. The van der Waals surface area contributed by atoms with Gasteiger partial charge in [-0.05, 0) is 18.6 Å². The molecule has 1 N–H and O–H groups in total. The smallest absolute Gasteiger partial charge is 0.145 e. The van der Waals surface area contributed by atoms with Crippen molar-refractivity contribution in [2.75, 3.05) is 0 Å². The number of para-hydroxylation sites is 1. The van der Waals surface area contributed by atoms with Crippen molar-refractivity contribution in [2.24, 2.45) is 0 Å². The number of pyridine rings is 1. The summed E-state index contributed by atoms with van der Waals surface area (Å²) in [5, 5.41) is 12.8. The van der Waals surface area contributed by atoms with Crippen molar-refractivity contribution in [3.05, 3.63) is 65.4 Å². The second-order valence-corrected chi connectivity index (χ2v) is 5.75. The molecule has 3 heteroatoms. The van der Waals surface area contributed by atoms with Crippen molar-refractivity contribution in [1.82, 2.24) is 4.98 Å². The summed E-state index contributed by atoms with van der Waals surface area (Å²) in [5.74, 6) is 0. The summed E-state index contributed by atoms with van der Waals surface area (Å²) < 4.78 is 6.08. The van der Waals surface area contributed by atoms with E-state index in [-0.39, 0.29) is 0 Å². The zero-order valence-electron chi connectivity index (χ0n) is 12.0. The van der Waals surface area contributed by atoms with Crippen LogP contribution in [0.4, 0.5) is 0 Å². The summed E-state index contributed by atoms with van der Waals surface area (Å²) in [6.07, 6.45) is -0.678. The van der Waals surface area contributed by atoms with E-state index in [1.54, 1.807) is 0 Å². The predicted octanol–water partition coefficient (Wildman–Crippen LogP) is 4.35. The van der Waals surface area contributed by atoms with Gasteiger partial charge in [0.1, 0.15) is 17.3 Å². The molecule has 0 bridgehead atoms. The van der Waals surface area contributed by atoms with E-state index in [1.807, 2.05) is 55.5 Å². The van der Waals surface area contributed by atoms with Gasteiger partial charge in [-0.2, -0.15) is 0 Å². The summed E-state index contributed by atoms with van der Waals surface area (Å²) in [6, 6.07) is 15.8. The molecule has 1 atom stereocenters. The van der Waals surface area contributed by atoms with Gasteiger partial charge in [0, 0.05) is 22.0 Å². The van der Waals surface area contributed by atoms with Crippen LogP contribution in [-0.4, -0.2) is 10.1 Å². The van der Waals surface area contributed by atoms with Crippen molar-refractivity contribution in [3.8, 4) is 11.3 Å². The van der Waals surface area contributed by atoms with Gasteiger partial charge in [-0.1, -0.05) is 42.5 Å². The van der Waals surface area contributed by atoms with Crippen LogP contribution < -0.4 is 0 Å². The second-order valence-electron chi connectivity index (χ2n) is 5.75. The average molecular weight is 287 g/mol. The molecular weight excluding hydrogens is 274 g/mol.